The van der Waals surface area contributed by atoms with E-state index in [0.29, 0.717) is 25.4 Å². The first kappa shape index (κ1) is 13.5. The van der Waals surface area contributed by atoms with Gasteiger partial charge in [-0.15, -0.1) is 0 Å². The number of aliphatic hydroxyl groups excluding tert-OH is 1. The summed E-state index contributed by atoms with van der Waals surface area (Å²) in [6.45, 7) is 4.46. The molecule has 4 heteroatoms. The number of hydrogen-bond acceptors (Lipinski definition) is 4. The smallest absolute Gasteiger partial charge is 0.308 e. The maximum absolute atomic E-state index is 11.4. The fraction of sp³-hybridized carbons (Fsp3) is 0.917. The molecule has 1 heterocycles. The lowest BCUT2D eigenvalue weighted by atomic mass is 9.90. The first-order valence-corrected chi connectivity index (χ1v) is 6.09. The van der Waals surface area contributed by atoms with Crippen LogP contribution in [0.25, 0.3) is 0 Å². The van der Waals surface area contributed by atoms with Crippen molar-refractivity contribution < 1.29 is 19.4 Å². The molecule has 1 aliphatic rings. The summed E-state index contributed by atoms with van der Waals surface area (Å²) >= 11 is 0. The maximum Gasteiger partial charge on any atom is 0.308 e. The van der Waals surface area contributed by atoms with Gasteiger partial charge in [0.25, 0.3) is 0 Å². The Morgan fingerprint density at radius 3 is 2.88 bits per heavy atom. The molecule has 16 heavy (non-hydrogen) atoms. The van der Waals surface area contributed by atoms with Crippen LogP contribution >= 0.6 is 0 Å². The van der Waals surface area contributed by atoms with E-state index in [1.165, 1.54) is 0 Å². The summed E-state index contributed by atoms with van der Waals surface area (Å²) in [6.07, 6.45) is 3.06. The van der Waals surface area contributed by atoms with E-state index < -0.39 is 0 Å². The minimum Gasteiger partial charge on any atom is -0.466 e. The van der Waals surface area contributed by atoms with E-state index in [0.717, 1.165) is 12.8 Å². The first-order chi connectivity index (χ1) is 7.67. The third-order valence-electron chi connectivity index (χ3n) is 3.07. The standard InChI is InChI=1S/C12H22O4/c1-3-15-12(14)8-11-9(2)4-5-10(16-11)6-7-13/h9-11,13H,3-8H2,1-2H3/t9-,10+,11-/m1/s1. The van der Waals surface area contributed by atoms with E-state index in [2.05, 4.69) is 6.92 Å². The number of rotatable bonds is 5. The molecule has 0 aromatic carbocycles. The Hall–Kier alpha value is -0.610. The van der Waals surface area contributed by atoms with Gasteiger partial charge in [0.15, 0.2) is 0 Å². The molecule has 0 spiro atoms. The van der Waals surface area contributed by atoms with Gasteiger partial charge >= 0.3 is 5.97 Å². The van der Waals surface area contributed by atoms with Crippen molar-refractivity contribution in [3.8, 4) is 0 Å². The molecule has 1 N–H and O–H groups in total. The molecule has 0 radical (unpaired) electrons. The molecular weight excluding hydrogens is 208 g/mol. The zero-order valence-corrected chi connectivity index (χ0v) is 10.1. The van der Waals surface area contributed by atoms with Crippen LogP contribution in [0.3, 0.4) is 0 Å². The van der Waals surface area contributed by atoms with E-state index in [9.17, 15) is 4.79 Å². The van der Waals surface area contributed by atoms with E-state index >= 15 is 0 Å². The van der Waals surface area contributed by atoms with Crippen LogP contribution in [0.1, 0.15) is 39.5 Å². The fourth-order valence-electron chi connectivity index (χ4n) is 2.07. The predicted molar refractivity (Wildman–Crippen MR) is 60.0 cm³/mol. The van der Waals surface area contributed by atoms with E-state index in [1.54, 1.807) is 6.92 Å². The van der Waals surface area contributed by atoms with Gasteiger partial charge in [0.05, 0.1) is 25.2 Å². The molecule has 1 fully saturated rings. The van der Waals surface area contributed by atoms with Gasteiger partial charge < -0.3 is 14.6 Å². The average Bonchev–Trinajstić information content (AvgIpc) is 2.24. The SMILES string of the molecule is CCOC(=O)C[C@H]1O[C@H](CCO)CC[C@H]1C. The van der Waals surface area contributed by atoms with Gasteiger partial charge in [0, 0.05) is 6.61 Å². The van der Waals surface area contributed by atoms with Gasteiger partial charge in [-0.2, -0.15) is 0 Å². The average molecular weight is 230 g/mol. The Kier molecular flexibility index (Phi) is 5.77. The molecule has 0 aliphatic carbocycles. The largest absolute Gasteiger partial charge is 0.466 e. The van der Waals surface area contributed by atoms with Crippen molar-refractivity contribution in [2.45, 2.75) is 51.7 Å². The normalized spacial score (nSPS) is 30.1. The minimum absolute atomic E-state index is 0.0515. The van der Waals surface area contributed by atoms with Crippen molar-refractivity contribution in [2.24, 2.45) is 5.92 Å². The van der Waals surface area contributed by atoms with Crippen molar-refractivity contribution in [1.82, 2.24) is 0 Å². The zero-order chi connectivity index (χ0) is 12.0. The molecule has 3 atom stereocenters. The second kappa shape index (κ2) is 6.86. The lowest BCUT2D eigenvalue weighted by molar-refractivity contribution is -0.152. The molecule has 0 amide bonds. The molecule has 1 aliphatic heterocycles. The van der Waals surface area contributed by atoms with Crippen molar-refractivity contribution >= 4 is 5.97 Å². The van der Waals surface area contributed by atoms with Crippen LogP contribution in [0.4, 0.5) is 0 Å². The predicted octanol–water partition coefficient (Wildman–Crippen LogP) is 1.51. The summed E-state index contributed by atoms with van der Waals surface area (Å²) in [5, 5.41) is 8.87. The number of esters is 1. The molecule has 94 valence electrons. The van der Waals surface area contributed by atoms with Crippen molar-refractivity contribution in [2.75, 3.05) is 13.2 Å². The molecule has 0 saturated carbocycles. The third-order valence-corrected chi connectivity index (χ3v) is 3.07. The maximum atomic E-state index is 11.4. The van der Waals surface area contributed by atoms with Crippen LogP contribution < -0.4 is 0 Å². The molecule has 0 aromatic heterocycles. The highest BCUT2D eigenvalue weighted by atomic mass is 16.5. The number of aliphatic hydroxyl groups is 1. The van der Waals surface area contributed by atoms with Gasteiger partial charge in [0.2, 0.25) is 0 Å². The minimum atomic E-state index is -0.191. The Balaban J connectivity index is 2.40. The highest BCUT2D eigenvalue weighted by molar-refractivity contribution is 5.70. The van der Waals surface area contributed by atoms with Gasteiger partial charge in [-0.3, -0.25) is 4.79 Å². The van der Waals surface area contributed by atoms with Crippen LogP contribution in [0.15, 0.2) is 0 Å². The van der Waals surface area contributed by atoms with E-state index in [-0.39, 0.29) is 24.8 Å². The third kappa shape index (κ3) is 4.10. The second-order valence-corrected chi connectivity index (χ2v) is 4.37. The molecule has 0 bridgehead atoms. The fourth-order valence-corrected chi connectivity index (χ4v) is 2.07. The number of carbonyl (C=O) groups is 1. The molecular formula is C12H22O4. The van der Waals surface area contributed by atoms with Crippen LogP contribution in [-0.2, 0) is 14.3 Å². The van der Waals surface area contributed by atoms with Crippen molar-refractivity contribution in [3.63, 3.8) is 0 Å². The Labute approximate surface area is 96.9 Å². The summed E-state index contributed by atoms with van der Waals surface area (Å²) in [4.78, 5) is 11.4. The van der Waals surface area contributed by atoms with Crippen molar-refractivity contribution in [1.29, 1.82) is 0 Å². The lowest BCUT2D eigenvalue weighted by Gasteiger charge is -2.34. The van der Waals surface area contributed by atoms with E-state index in [1.807, 2.05) is 0 Å². The van der Waals surface area contributed by atoms with E-state index in [4.69, 9.17) is 14.6 Å². The topological polar surface area (TPSA) is 55.8 Å². The molecule has 1 rings (SSSR count). The van der Waals surface area contributed by atoms with Crippen LogP contribution in [0.2, 0.25) is 0 Å². The van der Waals surface area contributed by atoms with Gasteiger partial charge in [-0.25, -0.2) is 0 Å². The zero-order valence-electron chi connectivity index (χ0n) is 10.1. The van der Waals surface area contributed by atoms with Crippen LogP contribution in [-0.4, -0.2) is 36.5 Å². The Bertz CT molecular complexity index is 217. The number of hydrogen-bond donors (Lipinski definition) is 1. The van der Waals surface area contributed by atoms with Crippen LogP contribution in [0, 0.1) is 5.92 Å². The molecule has 1 saturated heterocycles. The Morgan fingerprint density at radius 2 is 2.25 bits per heavy atom. The van der Waals surface area contributed by atoms with Gasteiger partial charge in [-0.1, -0.05) is 6.92 Å². The Morgan fingerprint density at radius 1 is 1.50 bits per heavy atom. The first-order valence-electron chi connectivity index (χ1n) is 6.09. The summed E-state index contributed by atoms with van der Waals surface area (Å²) in [5.41, 5.74) is 0. The monoisotopic (exact) mass is 230 g/mol. The molecule has 0 aromatic rings. The molecule has 0 unspecified atom stereocenters. The second-order valence-electron chi connectivity index (χ2n) is 4.37. The summed E-state index contributed by atoms with van der Waals surface area (Å²) in [7, 11) is 0. The number of ether oxygens (including phenoxy) is 2. The molecule has 4 nitrogen and oxygen atoms in total. The lowest BCUT2D eigenvalue weighted by Crippen LogP contribution is -2.36. The number of carbonyl (C=O) groups excluding carboxylic acids is 1. The highest BCUT2D eigenvalue weighted by Crippen LogP contribution is 2.28. The quantitative estimate of drug-likeness (QED) is 0.727. The highest BCUT2D eigenvalue weighted by Gasteiger charge is 2.30. The van der Waals surface area contributed by atoms with Crippen molar-refractivity contribution in [3.05, 3.63) is 0 Å². The van der Waals surface area contributed by atoms with Crippen LogP contribution in [0.5, 0.6) is 0 Å². The summed E-state index contributed by atoms with van der Waals surface area (Å²) in [5.74, 6) is 0.198. The summed E-state index contributed by atoms with van der Waals surface area (Å²) < 4.78 is 10.7. The summed E-state index contributed by atoms with van der Waals surface area (Å²) in [6, 6.07) is 0. The van der Waals surface area contributed by atoms with Gasteiger partial charge in [0.1, 0.15) is 0 Å². The van der Waals surface area contributed by atoms with Gasteiger partial charge in [-0.05, 0) is 32.1 Å².